The minimum Gasteiger partial charge on any atom is -0.336 e. The second-order valence-corrected chi connectivity index (χ2v) is 7.02. The molecule has 0 spiro atoms. The predicted octanol–water partition coefficient (Wildman–Crippen LogP) is 4.60. The third-order valence-electron chi connectivity index (χ3n) is 4.14. The number of halogens is 3. The summed E-state index contributed by atoms with van der Waals surface area (Å²) in [6.07, 6.45) is 0. The van der Waals surface area contributed by atoms with Crippen LogP contribution in [0.2, 0.25) is 15.1 Å². The Morgan fingerprint density at radius 3 is 2.38 bits per heavy atom. The van der Waals surface area contributed by atoms with Gasteiger partial charge in [0.25, 0.3) is 5.91 Å². The summed E-state index contributed by atoms with van der Waals surface area (Å²) < 4.78 is 0. The van der Waals surface area contributed by atoms with Crippen LogP contribution in [0, 0.1) is 0 Å². The predicted molar refractivity (Wildman–Crippen MR) is 99.1 cm³/mol. The van der Waals surface area contributed by atoms with Crippen LogP contribution in [0.15, 0.2) is 42.5 Å². The molecule has 1 saturated heterocycles. The fourth-order valence-corrected chi connectivity index (χ4v) is 3.44. The van der Waals surface area contributed by atoms with Crippen LogP contribution in [0.4, 0.5) is 0 Å². The van der Waals surface area contributed by atoms with Gasteiger partial charge in [-0.25, -0.2) is 0 Å². The number of hydrogen-bond acceptors (Lipinski definition) is 2. The maximum absolute atomic E-state index is 12.6. The molecule has 0 N–H and O–H groups in total. The van der Waals surface area contributed by atoms with E-state index in [1.807, 2.05) is 23.1 Å². The van der Waals surface area contributed by atoms with Gasteiger partial charge in [0.15, 0.2) is 0 Å². The van der Waals surface area contributed by atoms with Crippen molar-refractivity contribution in [1.82, 2.24) is 9.80 Å². The first-order chi connectivity index (χ1) is 11.5. The van der Waals surface area contributed by atoms with E-state index in [-0.39, 0.29) is 5.91 Å². The summed E-state index contributed by atoms with van der Waals surface area (Å²) in [6.45, 7) is 3.80. The smallest absolute Gasteiger partial charge is 0.255 e. The Morgan fingerprint density at radius 2 is 1.67 bits per heavy atom. The SMILES string of the molecule is O=C(c1cccc(Cl)c1Cl)N1CCN(Cc2cccc(Cl)c2)CC1. The molecule has 1 fully saturated rings. The van der Waals surface area contributed by atoms with Gasteiger partial charge in [0.1, 0.15) is 0 Å². The maximum Gasteiger partial charge on any atom is 0.255 e. The zero-order chi connectivity index (χ0) is 17.1. The Balaban J connectivity index is 1.60. The molecule has 126 valence electrons. The van der Waals surface area contributed by atoms with Crippen LogP contribution in [-0.2, 0) is 6.54 Å². The molecular weight excluding hydrogens is 367 g/mol. The van der Waals surface area contributed by atoms with Crippen LogP contribution < -0.4 is 0 Å². The van der Waals surface area contributed by atoms with Crippen molar-refractivity contribution in [1.29, 1.82) is 0 Å². The highest BCUT2D eigenvalue weighted by atomic mass is 35.5. The summed E-state index contributed by atoms with van der Waals surface area (Å²) in [5.41, 5.74) is 1.65. The number of nitrogens with zero attached hydrogens (tertiary/aromatic N) is 2. The second-order valence-electron chi connectivity index (χ2n) is 5.80. The molecular formula is C18H17Cl3N2O. The molecule has 0 saturated carbocycles. The standard InChI is InChI=1S/C18H17Cl3N2O/c19-14-4-1-3-13(11-14)12-22-7-9-23(10-8-22)18(24)15-5-2-6-16(20)17(15)21/h1-6,11H,7-10,12H2. The van der Waals surface area contributed by atoms with E-state index in [9.17, 15) is 4.79 Å². The van der Waals surface area contributed by atoms with Crippen LogP contribution in [0.25, 0.3) is 0 Å². The van der Waals surface area contributed by atoms with E-state index >= 15 is 0 Å². The molecule has 3 nitrogen and oxygen atoms in total. The van der Waals surface area contributed by atoms with Crippen molar-refractivity contribution < 1.29 is 4.79 Å². The van der Waals surface area contributed by atoms with Crippen LogP contribution >= 0.6 is 34.8 Å². The molecule has 1 heterocycles. The molecule has 0 aromatic heterocycles. The van der Waals surface area contributed by atoms with Crippen molar-refractivity contribution >= 4 is 40.7 Å². The van der Waals surface area contributed by atoms with Crippen molar-refractivity contribution in [2.24, 2.45) is 0 Å². The van der Waals surface area contributed by atoms with Gasteiger partial charge in [0.05, 0.1) is 15.6 Å². The average Bonchev–Trinajstić information content (AvgIpc) is 2.57. The Morgan fingerprint density at radius 1 is 0.958 bits per heavy atom. The van der Waals surface area contributed by atoms with Gasteiger partial charge in [0.2, 0.25) is 0 Å². The van der Waals surface area contributed by atoms with Crippen molar-refractivity contribution in [2.45, 2.75) is 6.54 Å². The molecule has 0 atom stereocenters. The van der Waals surface area contributed by atoms with Gasteiger partial charge in [-0.3, -0.25) is 9.69 Å². The molecule has 0 aliphatic carbocycles. The van der Waals surface area contributed by atoms with Gasteiger partial charge in [-0.2, -0.15) is 0 Å². The van der Waals surface area contributed by atoms with Crippen LogP contribution in [-0.4, -0.2) is 41.9 Å². The van der Waals surface area contributed by atoms with E-state index in [2.05, 4.69) is 11.0 Å². The Bertz CT molecular complexity index is 743. The maximum atomic E-state index is 12.6. The monoisotopic (exact) mass is 382 g/mol. The number of rotatable bonds is 3. The first kappa shape index (κ1) is 17.6. The van der Waals surface area contributed by atoms with Gasteiger partial charge in [-0.15, -0.1) is 0 Å². The summed E-state index contributed by atoms with van der Waals surface area (Å²) in [5.74, 6) is -0.0649. The lowest BCUT2D eigenvalue weighted by Gasteiger charge is -2.35. The lowest BCUT2D eigenvalue weighted by molar-refractivity contribution is 0.0628. The van der Waals surface area contributed by atoms with Crippen molar-refractivity contribution in [3.63, 3.8) is 0 Å². The van der Waals surface area contributed by atoms with E-state index in [1.165, 1.54) is 5.56 Å². The Kier molecular flexibility index (Phi) is 5.67. The number of hydrogen-bond donors (Lipinski definition) is 0. The Hall–Kier alpha value is -1.26. The van der Waals surface area contributed by atoms with Gasteiger partial charge < -0.3 is 4.90 Å². The lowest BCUT2D eigenvalue weighted by atomic mass is 10.1. The number of piperazine rings is 1. The highest BCUT2D eigenvalue weighted by Crippen LogP contribution is 2.27. The highest BCUT2D eigenvalue weighted by Gasteiger charge is 2.24. The Labute approximate surface area is 156 Å². The fraction of sp³-hybridized carbons (Fsp3) is 0.278. The van der Waals surface area contributed by atoms with Gasteiger partial charge in [-0.05, 0) is 29.8 Å². The molecule has 1 aliphatic rings. The van der Waals surface area contributed by atoms with Crippen LogP contribution in [0.1, 0.15) is 15.9 Å². The first-order valence-corrected chi connectivity index (χ1v) is 8.88. The molecule has 0 bridgehead atoms. The van der Waals surface area contributed by atoms with Crippen LogP contribution in [0.3, 0.4) is 0 Å². The third kappa shape index (κ3) is 4.04. The highest BCUT2D eigenvalue weighted by molar-refractivity contribution is 6.43. The molecule has 2 aromatic rings. The van der Waals surface area contributed by atoms with Gasteiger partial charge >= 0.3 is 0 Å². The van der Waals surface area contributed by atoms with Gasteiger partial charge in [-0.1, -0.05) is 53.0 Å². The quantitative estimate of drug-likeness (QED) is 0.773. The number of benzene rings is 2. The van der Waals surface area contributed by atoms with Crippen molar-refractivity contribution in [3.05, 3.63) is 68.7 Å². The van der Waals surface area contributed by atoms with E-state index in [4.69, 9.17) is 34.8 Å². The molecule has 0 unspecified atom stereocenters. The number of carbonyl (C=O) groups is 1. The summed E-state index contributed by atoms with van der Waals surface area (Å²) in [6, 6.07) is 13.0. The molecule has 0 radical (unpaired) electrons. The molecule has 1 amide bonds. The normalized spacial score (nSPS) is 15.5. The first-order valence-electron chi connectivity index (χ1n) is 7.74. The van der Waals surface area contributed by atoms with E-state index < -0.39 is 0 Å². The second kappa shape index (κ2) is 7.75. The largest absolute Gasteiger partial charge is 0.336 e. The summed E-state index contributed by atoms with van der Waals surface area (Å²) >= 11 is 18.2. The molecule has 3 rings (SSSR count). The molecule has 24 heavy (non-hydrogen) atoms. The van der Waals surface area contributed by atoms with Crippen molar-refractivity contribution in [2.75, 3.05) is 26.2 Å². The van der Waals surface area contributed by atoms with Crippen LogP contribution in [0.5, 0.6) is 0 Å². The van der Waals surface area contributed by atoms with E-state index in [0.717, 1.165) is 24.7 Å². The van der Waals surface area contributed by atoms with E-state index in [0.29, 0.717) is 28.7 Å². The summed E-state index contributed by atoms with van der Waals surface area (Å²) in [5, 5.41) is 1.48. The van der Waals surface area contributed by atoms with Gasteiger partial charge in [0, 0.05) is 37.7 Å². The molecule has 2 aromatic carbocycles. The number of carbonyl (C=O) groups excluding carboxylic acids is 1. The minimum absolute atomic E-state index is 0.0649. The van der Waals surface area contributed by atoms with Crippen molar-refractivity contribution in [3.8, 4) is 0 Å². The van der Waals surface area contributed by atoms with E-state index in [1.54, 1.807) is 18.2 Å². The average molecular weight is 384 g/mol. The minimum atomic E-state index is -0.0649. The summed E-state index contributed by atoms with van der Waals surface area (Å²) in [4.78, 5) is 16.8. The topological polar surface area (TPSA) is 23.6 Å². The zero-order valence-electron chi connectivity index (χ0n) is 13.0. The molecule has 1 aliphatic heterocycles. The molecule has 6 heteroatoms. The third-order valence-corrected chi connectivity index (χ3v) is 5.19. The fourth-order valence-electron chi connectivity index (χ4n) is 2.84. The number of amides is 1. The summed E-state index contributed by atoms with van der Waals surface area (Å²) in [7, 11) is 0. The lowest BCUT2D eigenvalue weighted by Crippen LogP contribution is -2.48. The zero-order valence-corrected chi connectivity index (χ0v) is 15.3.